The van der Waals surface area contributed by atoms with E-state index in [-0.39, 0.29) is 6.42 Å². The highest BCUT2D eigenvalue weighted by Gasteiger charge is 2.30. The van der Waals surface area contributed by atoms with Crippen LogP contribution < -0.4 is 5.32 Å². The zero-order valence-corrected chi connectivity index (χ0v) is 10.1. The van der Waals surface area contributed by atoms with Crippen LogP contribution in [-0.4, -0.2) is 29.3 Å². The van der Waals surface area contributed by atoms with Crippen LogP contribution in [0.25, 0.3) is 0 Å². The monoisotopic (exact) mass is 246 g/mol. The van der Waals surface area contributed by atoms with Crippen molar-refractivity contribution in [3.05, 3.63) is 35.4 Å². The van der Waals surface area contributed by atoms with Gasteiger partial charge in [0.25, 0.3) is 0 Å². The van der Waals surface area contributed by atoms with Crippen LogP contribution in [0.3, 0.4) is 0 Å². The average Bonchev–Trinajstić information content (AvgIpc) is 2.30. The molecule has 1 aliphatic heterocycles. The summed E-state index contributed by atoms with van der Waals surface area (Å²) in [6.45, 7) is 2.28. The summed E-state index contributed by atoms with van der Waals surface area (Å²) in [6, 6.07) is 7.19. The summed E-state index contributed by atoms with van der Waals surface area (Å²) in [7, 11) is 0. The summed E-state index contributed by atoms with van der Waals surface area (Å²) in [5, 5.41) is 2.14. The van der Waals surface area contributed by atoms with E-state index in [4.69, 9.17) is 0 Å². The van der Waals surface area contributed by atoms with Crippen LogP contribution in [-0.2, 0) is 16.0 Å². The molecule has 0 bridgehead atoms. The highest BCUT2D eigenvalue weighted by molar-refractivity contribution is 6.14. The van der Waals surface area contributed by atoms with E-state index < -0.39 is 17.8 Å². The smallest absolute Gasteiger partial charge is 0.277 e. The van der Waals surface area contributed by atoms with E-state index in [1.807, 2.05) is 31.2 Å². The predicted molar refractivity (Wildman–Crippen MR) is 64.8 cm³/mol. The van der Waals surface area contributed by atoms with E-state index >= 15 is 0 Å². The maximum atomic E-state index is 11.6. The number of imide groups is 2. The third-order valence-corrected chi connectivity index (χ3v) is 2.97. The lowest BCUT2D eigenvalue weighted by atomic mass is 10.1. The molecule has 1 aliphatic rings. The number of hydrogen-bond acceptors (Lipinski definition) is 3. The Kier molecular flexibility index (Phi) is 3.41. The van der Waals surface area contributed by atoms with Crippen LogP contribution >= 0.6 is 0 Å². The number of benzene rings is 1. The van der Waals surface area contributed by atoms with Crippen molar-refractivity contribution < 1.29 is 14.4 Å². The topological polar surface area (TPSA) is 66.5 Å². The Morgan fingerprint density at radius 3 is 2.61 bits per heavy atom. The molecule has 1 aromatic rings. The fourth-order valence-electron chi connectivity index (χ4n) is 1.93. The van der Waals surface area contributed by atoms with Gasteiger partial charge in [-0.25, -0.2) is 4.79 Å². The Morgan fingerprint density at radius 2 is 1.94 bits per heavy atom. The van der Waals surface area contributed by atoms with Crippen LogP contribution in [0.4, 0.5) is 4.79 Å². The van der Waals surface area contributed by atoms with Gasteiger partial charge in [-0.05, 0) is 24.5 Å². The van der Waals surface area contributed by atoms with Gasteiger partial charge in [-0.1, -0.05) is 24.3 Å². The molecule has 1 fully saturated rings. The minimum Gasteiger partial charge on any atom is -0.277 e. The minimum absolute atomic E-state index is 0.250. The second-order valence-corrected chi connectivity index (χ2v) is 4.25. The standard InChI is InChI=1S/C13H14N2O3/c1-9-4-2-3-5-10(9)6-7-15-12(17)8-11(16)14-13(15)18/h2-5H,6-8H2,1H3,(H,14,16,18). The van der Waals surface area contributed by atoms with E-state index in [1.165, 1.54) is 0 Å². The quantitative estimate of drug-likeness (QED) is 0.809. The number of carbonyl (C=O) groups excluding carboxylic acids is 3. The number of rotatable bonds is 3. The second kappa shape index (κ2) is 5.00. The number of hydrogen-bond donors (Lipinski definition) is 1. The first-order chi connectivity index (χ1) is 8.58. The molecular formula is C13H14N2O3. The number of amides is 4. The molecule has 94 valence electrons. The number of aryl methyl sites for hydroxylation is 1. The predicted octanol–water partition coefficient (Wildman–Crippen LogP) is 1.01. The molecule has 1 heterocycles. The molecular weight excluding hydrogens is 232 g/mol. The lowest BCUT2D eigenvalue weighted by Crippen LogP contribution is -2.53. The van der Waals surface area contributed by atoms with E-state index in [0.717, 1.165) is 16.0 Å². The molecule has 0 aliphatic carbocycles. The molecule has 1 saturated heterocycles. The molecule has 0 spiro atoms. The zero-order chi connectivity index (χ0) is 13.1. The Balaban J connectivity index is 2.02. The first-order valence-electron chi connectivity index (χ1n) is 5.76. The van der Waals surface area contributed by atoms with E-state index in [2.05, 4.69) is 5.32 Å². The van der Waals surface area contributed by atoms with Crippen molar-refractivity contribution in [1.82, 2.24) is 10.2 Å². The number of carbonyl (C=O) groups is 3. The second-order valence-electron chi connectivity index (χ2n) is 4.25. The average molecular weight is 246 g/mol. The molecule has 1 N–H and O–H groups in total. The van der Waals surface area contributed by atoms with Gasteiger partial charge in [0.2, 0.25) is 11.8 Å². The summed E-state index contributed by atoms with van der Waals surface area (Å²) in [5.41, 5.74) is 2.22. The van der Waals surface area contributed by atoms with Gasteiger partial charge in [0.1, 0.15) is 6.42 Å². The molecule has 5 heteroatoms. The minimum atomic E-state index is -0.621. The fourth-order valence-corrected chi connectivity index (χ4v) is 1.93. The zero-order valence-electron chi connectivity index (χ0n) is 10.1. The Labute approximate surface area is 105 Å². The molecule has 1 aromatic carbocycles. The normalized spacial score (nSPS) is 15.8. The van der Waals surface area contributed by atoms with Crippen LogP contribution in [0.2, 0.25) is 0 Å². The SMILES string of the molecule is Cc1ccccc1CCN1C(=O)CC(=O)NC1=O. The van der Waals surface area contributed by atoms with E-state index in [0.29, 0.717) is 13.0 Å². The van der Waals surface area contributed by atoms with Gasteiger partial charge in [0.05, 0.1) is 0 Å². The largest absolute Gasteiger partial charge is 0.330 e. The Morgan fingerprint density at radius 1 is 1.22 bits per heavy atom. The first kappa shape index (κ1) is 12.3. The highest BCUT2D eigenvalue weighted by atomic mass is 16.2. The third kappa shape index (κ3) is 2.56. The molecule has 18 heavy (non-hydrogen) atoms. The van der Waals surface area contributed by atoms with Crippen molar-refractivity contribution in [2.75, 3.05) is 6.54 Å². The number of urea groups is 1. The Hall–Kier alpha value is -2.17. The van der Waals surface area contributed by atoms with Crippen molar-refractivity contribution in [3.63, 3.8) is 0 Å². The summed E-state index contributed by atoms with van der Waals surface area (Å²) >= 11 is 0. The summed E-state index contributed by atoms with van der Waals surface area (Å²) in [4.78, 5) is 35.1. The number of barbiturate groups is 1. The van der Waals surface area contributed by atoms with Crippen LogP contribution in [0.5, 0.6) is 0 Å². The number of nitrogens with zero attached hydrogens (tertiary/aromatic N) is 1. The van der Waals surface area contributed by atoms with Gasteiger partial charge in [-0.15, -0.1) is 0 Å². The van der Waals surface area contributed by atoms with Crippen LogP contribution in [0.15, 0.2) is 24.3 Å². The van der Waals surface area contributed by atoms with Gasteiger partial charge in [-0.2, -0.15) is 0 Å². The van der Waals surface area contributed by atoms with E-state index in [9.17, 15) is 14.4 Å². The van der Waals surface area contributed by atoms with Gasteiger partial charge >= 0.3 is 6.03 Å². The summed E-state index contributed by atoms with van der Waals surface area (Å²) in [6.07, 6.45) is 0.347. The van der Waals surface area contributed by atoms with Crippen molar-refractivity contribution in [2.24, 2.45) is 0 Å². The lowest BCUT2D eigenvalue weighted by molar-refractivity contribution is -0.136. The maximum absolute atomic E-state index is 11.6. The lowest BCUT2D eigenvalue weighted by Gasteiger charge is -2.24. The van der Waals surface area contributed by atoms with Gasteiger partial charge < -0.3 is 0 Å². The molecule has 0 saturated carbocycles. The molecule has 0 aromatic heterocycles. The molecule has 4 amide bonds. The van der Waals surface area contributed by atoms with Crippen molar-refractivity contribution >= 4 is 17.8 Å². The van der Waals surface area contributed by atoms with Crippen molar-refractivity contribution in [2.45, 2.75) is 19.8 Å². The first-order valence-corrected chi connectivity index (χ1v) is 5.76. The van der Waals surface area contributed by atoms with Crippen LogP contribution in [0, 0.1) is 6.92 Å². The van der Waals surface area contributed by atoms with E-state index in [1.54, 1.807) is 0 Å². The molecule has 0 radical (unpaired) electrons. The maximum Gasteiger partial charge on any atom is 0.330 e. The third-order valence-electron chi connectivity index (χ3n) is 2.97. The summed E-state index contributed by atoms with van der Waals surface area (Å²) < 4.78 is 0. The summed E-state index contributed by atoms with van der Waals surface area (Å²) in [5.74, 6) is -0.963. The van der Waals surface area contributed by atoms with Gasteiger partial charge in [-0.3, -0.25) is 19.8 Å². The Bertz CT molecular complexity index is 491. The van der Waals surface area contributed by atoms with Crippen molar-refractivity contribution in [3.8, 4) is 0 Å². The molecule has 2 rings (SSSR count). The molecule has 0 unspecified atom stereocenters. The van der Waals surface area contributed by atoms with Gasteiger partial charge in [0.15, 0.2) is 0 Å². The van der Waals surface area contributed by atoms with Crippen molar-refractivity contribution in [1.29, 1.82) is 0 Å². The molecule has 5 nitrogen and oxygen atoms in total. The molecule has 0 atom stereocenters. The number of nitrogens with one attached hydrogen (secondary N) is 1. The fraction of sp³-hybridized carbons (Fsp3) is 0.308. The highest BCUT2D eigenvalue weighted by Crippen LogP contribution is 2.10. The van der Waals surface area contributed by atoms with Crippen LogP contribution in [0.1, 0.15) is 17.5 Å². The van der Waals surface area contributed by atoms with Gasteiger partial charge in [0, 0.05) is 6.54 Å².